The Hall–Kier alpha value is -2.04. The fourth-order valence-corrected chi connectivity index (χ4v) is 2.74. The molecule has 1 aliphatic rings. The molecule has 1 atom stereocenters. The van der Waals surface area contributed by atoms with E-state index in [0.29, 0.717) is 30.3 Å². The van der Waals surface area contributed by atoms with Crippen molar-refractivity contribution in [3.8, 4) is 0 Å². The van der Waals surface area contributed by atoms with Gasteiger partial charge in [0.1, 0.15) is 0 Å². The number of nitrogens with two attached hydrogens (primary N) is 1. The molecule has 5 nitrogen and oxygen atoms in total. The molecule has 0 spiro atoms. The lowest BCUT2D eigenvalue weighted by molar-refractivity contribution is -0.119. The van der Waals surface area contributed by atoms with Crippen molar-refractivity contribution in [2.45, 2.75) is 26.7 Å². The Morgan fingerprint density at radius 1 is 1.43 bits per heavy atom. The van der Waals surface area contributed by atoms with Crippen LogP contribution >= 0.6 is 0 Å². The standard InChI is InChI=1S/C16H23N3O2/c1-11-5-6-14(17)8-15(11)16(21)19-7-3-4-13(10-19)9-18-12(2)20/h5-6,8,13H,3-4,7,9-10,17H2,1-2H3,(H,18,20). The Bertz CT molecular complexity index is 542. The van der Waals surface area contributed by atoms with Crippen molar-refractivity contribution in [3.05, 3.63) is 29.3 Å². The van der Waals surface area contributed by atoms with Crippen molar-refractivity contribution in [3.63, 3.8) is 0 Å². The van der Waals surface area contributed by atoms with Crippen molar-refractivity contribution in [1.82, 2.24) is 10.2 Å². The molecule has 1 aromatic carbocycles. The van der Waals surface area contributed by atoms with E-state index in [0.717, 1.165) is 24.9 Å². The van der Waals surface area contributed by atoms with E-state index in [2.05, 4.69) is 5.32 Å². The molecule has 1 heterocycles. The van der Waals surface area contributed by atoms with Crippen LogP contribution in [0.1, 0.15) is 35.7 Å². The Morgan fingerprint density at radius 2 is 2.19 bits per heavy atom. The number of amides is 2. The van der Waals surface area contributed by atoms with Crippen molar-refractivity contribution in [2.75, 3.05) is 25.4 Å². The van der Waals surface area contributed by atoms with Crippen LogP contribution in [0.3, 0.4) is 0 Å². The number of nitrogens with one attached hydrogen (secondary N) is 1. The molecule has 1 unspecified atom stereocenters. The zero-order chi connectivity index (χ0) is 15.4. The first kappa shape index (κ1) is 15.4. The highest BCUT2D eigenvalue weighted by Gasteiger charge is 2.25. The molecule has 1 saturated heterocycles. The molecule has 0 aromatic heterocycles. The number of piperidine rings is 1. The van der Waals surface area contributed by atoms with Gasteiger partial charge >= 0.3 is 0 Å². The number of carbonyl (C=O) groups excluding carboxylic acids is 2. The number of nitrogen functional groups attached to an aromatic ring is 1. The predicted molar refractivity (Wildman–Crippen MR) is 82.9 cm³/mol. The highest BCUT2D eigenvalue weighted by atomic mass is 16.2. The monoisotopic (exact) mass is 289 g/mol. The summed E-state index contributed by atoms with van der Waals surface area (Å²) >= 11 is 0. The molecule has 1 fully saturated rings. The van der Waals surface area contributed by atoms with Gasteiger partial charge in [-0.3, -0.25) is 9.59 Å². The van der Waals surface area contributed by atoms with E-state index in [1.54, 1.807) is 6.07 Å². The highest BCUT2D eigenvalue weighted by Crippen LogP contribution is 2.21. The average Bonchev–Trinajstić information content (AvgIpc) is 2.47. The lowest BCUT2D eigenvalue weighted by Gasteiger charge is -2.33. The number of nitrogens with zero attached hydrogens (tertiary/aromatic N) is 1. The highest BCUT2D eigenvalue weighted by molar-refractivity contribution is 5.96. The summed E-state index contributed by atoms with van der Waals surface area (Å²) in [4.78, 5) is 25.5. The molecule has 0 radical (unpaired) electrons. The molecule has 0 saturated carbocycles. The maximum atomic E-state index is 12.6. The van der Waals surface area contributed by atoms with Gasteiger partial charge in [-0.15, -0.1) is 0 Å². The van der Waals surface area contributed by atoms with E-state index in [1.807, 2.05) is 24.0 Å². The number of benzene rings is 1. The third-order valence-corrected chi connectivity index (χ3v) is 3.94. The molecule has 0 aliphatic carbocycles. The molecule has 2 rings (SSSR count). The fraction of sp³-hybridized carbons (Fsp3) is 0.500. The van der Waals surface area contributed by atoms with Crippen LogP contribution in [-0.2, 0) is 4.79 Å². The van der Waals surface area contributed by atoms with E-state index in [-0.39, 0.29) is 11.8 Å². The summed E-state index contributed by atoms with van der Waals surface area (Å²) in [6.45, 7) is 5.53. The van der Waals surface area contributed by atoms with Crippen molar-refractivity contribution in [2.24, 2.45) is 5.92 Å². The topological polar surface area (TPSA) is 75.4 Å². The molecule has 2 amide bonds. The first-order valence-corrected chi connectivity index (χ1v) is 7.37. The van der Waals surface area contributed by atoms with Gasteiger partial charge in [0.05, 0.1) is 0 Å². The number of anilines is 1. The van der Waals surface area contributed by atoms with Crippen LogP contribution in [0.2, 0.25) is 0 Å². The van der Waals surface area contributed by atoms with E-state index in [9.17, 15) is 9.59 Å². The number of likely N-dealkylation sites (tertiary alicyclic amines) is 1. The van der Waals surface area contributed by atoms with Crippen molar-refractivity contribution < 1.29 is 9.59 Å². The van der Waals surface area contributed by atoms with E-state index in [4.69, 9.17) is 5.73 Å². The maximum absolute atomic E-state index is 12.6. The minimum atomic E-state index is -0.0230. The average molecular weight is 289 g/mol. The van der Waals surface area contributed by atoms with Crippen molar-refractivity contribution in [1.29, 1.82) is 0 Å². The van der Waals surface area contributed by atoms with Gasteiger partial charge in [-0.25, -0.2) is 0 Å². The summed E-state index contributed by atoms with van der Waals surface area (Å²) in [5, 5.41) is 2.84. The number of hydrogen-bond donors (Lipinski definition) is 2. The number of hydrogen-bond acceptors (Lipinski definition) is 3. The minimum Gasteiger partial charge on any atom is -0.399 e. The summed E-state index contributed by atoms with van der Waals surface area (Å²) in [6, 6.07) is 5.43. The van der Waals surface area contributed by atoms with E-state index in [1.165, 1.54) is 6.92 Å². The van der Waals surface area contributed by atoms with Crippen LogP contribution in [-0.4, -0.2) is 36.3 Å². The summed E-state index contributed by atoms with van der Waals surface area (Å²) in [6.07, 6.45) is 2.01. The van der Waals surface area contributed by atoms with E-state index >= 15 is 0 Å². The van der Waals surface area contributed by atoms with Gasteiger partial charge in [0.25, 0.3) is 5.91 Å². The quantitative estimate of drug-likeness (QED) is 0.829. The molecule has 1 aromatic rings. The predicted octanol–water partition coefficient (Wildman–Crippen LogP) is 1.57. The Balaban J connectivity index is 2.05. The van der Waals surface area contributed by atoms with Gasteiger partial charge in [-0.05, 0) is 43.4 Å². The molecule has 0 bridgehead atoms. The summed E-state index contributed by atoms with van der Waals surface area (Å²) in [7, 11) is 0. The zero-order valence-corrected chi connectivity index (χ0v) is 12.7. The second-order valence-corrected chi connectivity index (χ2v) is 5.77. The Labute approximate surface area is 125 Å². The van der Waals surface area contributed by atoms with Gasteiger partial charge in [0.2, 0.25) is 5.91 Å². The normalized spacial score (nSPS) is 18.4. The summed E-state index contributed by atoms with van der Waals surface area (Å²) in [5.74, 6) is 0.338. The van der Waals surface area contributed by atoms with Gasteiger partial charge in [0.15, 0.2) is 0 Å². The third-order valence-electron chi connectivity index (χ3n) is 3.94. The second kappa shape index (κ2) is 6.61. The summed E-state index contributed by atoms with van der Waals surface area (Å²) in [5.41, 5.74) is 8.01. The minimum absolute atomic E-state index is 0.0230. The lowest BCUT2D eigenvalue weighted by Crippen LogP contribution is -2.43. The molecule has 21 heavy (non-hydrogen) atoms. The third kappa shape index (κ3) is 3.97. The lowest BCUT2D eigenvalue weighted by atomic mass is 9.96. The van der Waals surface area contributed by atoms with Crippen LogP contribution in [0.25, 0.3) is 0 Å². The van der Waals surface area contributed by atoms with Gasteiger partial charge < -0.3 is 16.0 Å². The van der Waals surface area contributed by atoms with Crippen molar-refractivity contribution >= 4 is 17.5 Å². The Morgan fingerprint density at radius 3 is 2.90 bits per heavy atom. The molecule has 3 N–H and O–H groups in total. The summed E-state index contributed by atoms with van der Waals surface area (Å²) < 4.78 is 0. The van der Waals surface area contributed by atoms with Crippen LogP contribution in [0.5, 0.6) is 0 Å². The molecular formula is C16H23N3O2. The zero-order valence-electron chi connectivity index (χ0n) is 12.7. The van der Waals surface area contributed by atoms with Gasteiger partial charge in [-0.1, -0.05) is 6.07 Å². The number of aryl methyl sites for hydroxylation is 1. The first-order chi connectivity index (χ1) is 9.97. The van der Waals surface area contributed by atoms with Crippen LogP contribution in [0, 0.1) is 12.8 Å². The number of carbonyl (C=O) groups is 2. The largest absolute Gasteiger partial charge is 0.399 e. The maximum Gasteiger partial charge on any atom is 0.254 e. The fourth-order valence-electron chi connectivity index (χ4n) is 2.74. The first-order valence-electron chi connectivity index (χ1n) is 7.37. The molecule has 1 aliphatic heterocycles. The molecule has 114 valence electrons. The molecule has 5 heteroatoms. The van der Waals surface area contributed by atoms with E-state index < -0.39 is 0 Å². The molecular weight excluding hydrogens is 266 g/mol. The van der Waals surface area contributed by atoms with Gasteiger partial charge in [-0.2, -0.15) is 0 Å². The second-order valence-electron chi connectivity index (χ2n) is 5.77. The van der Waals surface area contributed by atoms with Crippen LogP contribution in [0.15, 0.2) is 18.2 Å². The number of rotatable bonds is 3. The van der Waals surface area contributed by atoms with Gasteiger partial charge in [0, 0.05) is 37.8 Å². The smallest absolute Gasteiger partial charge is 0.254 e. The van der Waals surface area contributed by atoms with Crippen LogP contribution in [0.4, 0.5) is 5.69 Å². The van der Waals surface area contributed by atoms with Crippen LogP contribution < -0.4 is 11.1 Å². The SMILES string of the molecule is CC(=O)NCC1CCCN(C(=O)c2cc(N)ccc2C)C1. The Kier molecular flexibility index (Phi) is 4.83.